The molecule has 4 N–H and O–H groups in total. The minimum absolute atomic E-state index is 0.0212. The van der Waals surface area contributed by atoms with Gasteiger partial charge in [-0.25, -0.2) is 4.39 Å². The Kier molecular flexibility index (Phi) is 5.94. The molecule has 18 heavy (non-hydrogen) atoms. The first-order chi connectivity index (χ1) is 8.60. The van der Waals surface area contributed by atoms with Crippen molar-refractivity contribution in [3.8, 4) is 0 Å². The SMILES string of the molecule is CSC(C)CCNC(=O)c1cccc(F)c1NN. The first-order valence-corrected chi connectivity index (χ1v) is 6.95. The van der Waals surface area contributed by atoms with Gasteiger partial charge in [0, 0.05) is 11.8 Å². The Hall–Kier alpha value is -1.27. The summed E-state index contributed by atoms with van der Waals surface area (Å²) in [5.41, 5.74) is 2.45. The Morgan fingerprint density at radius 2 is 2.28 bits per heavy atom. The summed E-state index contributed by atoms with van der Waals surface area (Å²) in [6, 6.07) is 4.27. The molecular weight excluding hydrogens is 253 g/mol. The standard InChI is InChI=1S/C12H18FN3OS/c1-8(18-2)6-7-15-12(17)9-4-3-5-10(13)11(9)16-14/h3-5,8,16H,6-7,14H2,1-2H3,(H,15,17). The van der Waals surface area contributed by atoms with Crippen LogP contribution in [0, 0.1) is 5.82 Å². The second kappa shape index (κ2) is 7.23. The number of hydrogen-bond donors (Lipinski definition) is 3. The zero-order valence-electron chi connectivity index (χ0n) is 10.5. The maximum Gasteiger partial charge on any atom is 0.253 e. The van der Waals surface area contributed by atoms with E-state index in [4.69, 9.17) is 5.84 Å². The molecule has 1 aromatic carbocycles. The third-order valence-electron chi connectivity index (χ3n) is 2.64. The molecule has 6 heteroatoms. The van der Waals surface area contributed by atoms with Gasteiger partial charge in [0.15, 0.2) is 0 Å². The van der Waals surface area contributed by atoms with Gasteiger partial charge < -0.3 is 10.7 Å². The van der Waals surface area contributed by atoms with E-state index < -0.39 is 5.82 Å². The van der Waals surface area contributed by atoms with Gasteiger partial charge in [0.05, 0.1) is 11.3 Å². The van der Waals surface area contributed by atoms with E-state index in [1.54, 1.807) is 11.8 Å². The lowest BCUT2D eigenvalue weighted by atomic mass is 10.1. The van der Waals surface area contributed by atoms with E-state index in [9.17, 15) is 9.18 Å². The largest absolute Gasteiger partial charge is 0.352 e. The number of hydrazine groups is 1. The van der Waals surface area contributed by atoms with Crippen LogP contribution >= 0.6 is 11.8 Å². The number of nitrogens with two attached hydrogens (primary N) is 1. The van der Waals surface area contributed by atoms with Gasteiger partial charge in [0.2, 0.25) is 0 Å². The van der Waals surface area contributed by atoms with Crippen molar-refractivity contribution in [3.63, 3.8) is 0 Å². The second-order valence-electron chi connectivity index (χ2n) is 3.90. The van der Waals surface area contributed by atoms with Crippen LogP contribution in [0.25, 0.3) is 0 Å². The number of benzene rings is 1. The van der Waals surface area contributed by atoms with E-state index >= 15 is 0 Å². The third-order valence-corrected chi connectivity index (χ3v) is 3.68. The summed E-state index contributed by atoms with van der Waals surface area (Å²) in [5, 5.41) is 3.23. The molecule has 0 aliphatic heterocycles. The molecule has 0 aromatic heterocycles. The fraction of sp³-hybridized carbons (Fsp3) is 0.417. The van der Waals surface area contributed by atoms with Crippen molar-refractivity contribution in [3.05, 3.63) is 29.6 Å². The van der Waals surface area contributed by atoms with Gasteiger partial charge in [-0.2, -0.15) is 11.8 Å². The maximum absolute atomic E-state index is 13.4. The normalized spacial score (nSPS) is 12.0. The predicted molar refractivity (Wildman–Crippen MR) is 74.1 cm³/mol. The van der Waals surface area contributed by atoms with Crippen molar-refractivity contribution in [1.29, 1.82) is 0 Å². The van der Waals surface area contributed by atoms with E-state index in [0.29, 0.717) is 11.8 Å². The monoisotopic (exact) mass is 271 g/mol. The van der Waals surface area contributed by atoms with Crippen molar-refractivity contribution in [2.75, 3.05) is 18.2 Å². The highest BCUT2D eigenvalue weighted by Gasteiger charge is 2.14. The van der Waals surface area contributed by atoms with E-state index in [-0.39, 0.29) is 17.2 Å². The molecule has 1 atom stereocenters. The van der Waals surface area contributed by atoms with Crippen molar-refractivity contribution in [1.82, 2.24) is 5.32 Å². The summed E-state index contributed by atoms with van der Waals surface area (Å²) in [6.07, 6.45) is 2.89. The topological polar surface area (TPSA) is 67.2 Å². The van der Waals surface area contributed by atoms with Gasteiger partial charge >= 0.3 is 0 Å². The van der Waals surface area contributed by atoms with Gasteiger partial charge in [-0.15, -0.1) is 0 Å². The van der Waals surface area contributed by atoms with Crippen LogP contribution in [0.15, 0.2) is 18.2 Å². The Bertz CT molecular complexity index is 414. The fourth-order valence-corrected chi connectivity index (χ4v) is 1.82. The molecule has 0 bridgehead atoms. The van der Waals surface area contributed by atoms with Gasteiger partial charge in [-0.1, -0.05) is 13.0 Å². The Labute approximate surface area is 110 Å². The minimum atomic E-state index is -0.539. The molecule has 0 radical (unpaired) electrons. The molecule has 0 spiro atoms. The number of nitrogens with one attached hydrogen (secondary N) is 2. The summed E-state index contributed by atoms with van der Waals surface area (Å²) in [5.74, 6) is 4.35. The summed E-state index contributed by atoms with van der Waals surface area (Å²) >= 11 is 1.74. The van der Waals surface area contributed by atoms with Crippen molar-refractivity contribution >= 4 is 23.4 Å². The van der Waals surface area contributed by atoms with Crippen LogP contribution in [0.5, 0.6) is 0 Å². The zero-order valence-corrected chi connectivity index (χ0v) is 11.3. The number of carbonyl (C=O) groups excluding carboxylic acids is 1. The minimum Gasteiger partial charge on any atom is -0.352 e. The number of carbonyl (C=O) groups is 1. The van der Waals surface area contributed by atoms with Crippen LogP contribution in [0.2, 0.25) is 0 Å². The number of thioether (sulfide) groups is 1. The average Bonchev–Trinajstić information content (AvgIpc) is 2.37. The Morgan fingerprint density at radius 3 is 2.89 bits per heavy atom. The zero-order chi connectivity index (χ0) is 13.5. The number of para-hydroxylation sites is 1. The first-order valence-electron chi connectivity index (χ1n) is 5.66. The third kappa shape index (κ3) is 3.89. The highest BCUT2D eigenvalue weighted by Crippen LogP contribution is 2.18. The van der Waals surface area contributed by atoms with Crippen LogP contribution < -0.4 is 16.6 Å². The number of amides is 1. The van der Waals surface area contributed by atoms with Crippen LogP contribution in [0.1, 0.15) is 23.7 Å². The van der Waals surface area contributed by atoms with Gasteiger partial charge in [0.25, 0.3) is 5.91 Å². The maximum atomic E-state index is 13.4. The summed E-state index contributed by atoms with van der Waals surface area (Å²) in [4.78, 5) is 11.9. The molecule has 100 valence electrons. The van der Waals surface area contributed by atoms with Crippen molar-refractivity contribution in [2.24, 2.45) is 5.84 Å². The molecule has 0 heterocycles. The quantitative estimate of drug-likeness (QED) is 0.547. The molecule has 0 aliphatic rings. The second-order valence-corrected chi connectivity index (χ2v) is 5.17. The summed E-state index contributed by atoms with van der Waals surface area (Å²) in [6.45, 7) is 2.65. The lowest BCUT2D eigenvalue weighted by molar-refractivity contribution is 0.0953. The fourth-order valence-electron chi connectivity index (χ4n) is 1.46. The summed E-state index contributed by atoms with van der Waals surface area (Å²) < 4.78 is 13.4. The molecule has 1 rings (SSSR count). The molecule has 0 saturated carbocycles. The van der Waals surface area contributed by atoms with Crippen molar-refractivity contribution in [2.45, 2.75) is 18.6 Å². The molecule has 4 nitrogen and oxygen atoms in total. The highest BCUT2D eigenvalue weighted by molar-refractivity contribution is 7.99. The molecule has 0 fully saturated rings. The highest BCUT2D eigenvalue weighted by atomic mass is 32.2. The lowest BCUT2D eigenvalue weighted by Gasteiger charge is -2.12. The number of rotatable bonds is 6. The number of nitrogen functional groups attached to an aromatic ring is 1. The van der Waals surface area contributed by atoms with E-state index in [0.717, 1.165) is 6.42 Å². The van der Waals surface area contributed by atoms with Gasteiger partial charge in [-0.05, 0) is 24.8 Å². The molecule has 1 unspecified atom stereocenters. The number of hydrogen-bond acceptors (Lipinski definition) is 4. The van der Waals surface area contributed by atoms with Crippen LogP contribution in [0.4, 0.5) is 10.1 Å². The number of anilines is 1. The van der Waals surface area contributed by atoms with Crippen LogP contribution in [-0.2, 0) is 0 Å². The van der Waals surface area contributed by atoms with Crippen LogP contribution in [-0.4, -0.2) is 24.0 Å². The van der Waals surface area contributed by atoms with Crippen LogP contribution in [0.3, 0.4) is 0 Å². The van der Waals surface area contributed by atoms with E-state index in [2.05, 4.69) is 17.7 Å². The number of halogens is 1. The Morgan fingerprint density at radius 1 is 1.56 bits per heavy atom. The molecular formula is C12H18FN3OS. The predicted octanol–water partition coefficient (Wildman–Crippen LogP) is 1.98. The van der Waals surface area contributed by atoms with Gasteiger partial charge in [-0.3, -0.25) is 10.6 Å². The molecule has 1 aromatic rings. The first kappa shape index (κ1) is 14.8. The lowest BCUT2D eigenvalue weighted by Crippen LogP contribution is -2.27. The summed E-state index contributed by atoms with van der Waals surface area (Å²) in [7, 11) is 0. The Balaban J connectivity index is 2.64. The van der Waals surface area contributed by atoms with Crippen molar-refractivity contribution < 1.29 is 9.18 Å². The molecule has 0 saturated heterocycles. The molecule has 1 amide bonds. The van der Waals surface area contributed by atoms with E-state index in [1.165, 1.54) is 18.2 Å². The van der Waals surface area contributed by atoms with Gasteiger partial charge in [0.1, 0.15) is 5.82 Å². The average molecular weight is 271 g/mol. The smallest absolute Gasteiger partial charge is 0.253 e. The van der Waals surface area contributed by atoms with E-state index in [1.807, 2.05) is 6.26 Å². The molecule has 0 aliphatic carbocycles.